The Morgan fingerprint density at radius 3 is 1.22 bits per heavy atom. The van der Waals surface area contributed by atoms with Crippen molar-refractivity contribution in [3.05, 3.63) is 96.1 Å². The molecule has 0 heteroatoms. The van der Waals surface area contributed by atoms with Gasteiger partial charge in [-0.2, -0.15) is 0 Å². The summed E-state index contributed by atoms with van der Waals surface area (Å²) in [5, 5.41) is 0. The van der Waals surface area contributed by atoms with Gasteiger partial charge >= 0.3 is 0 Å². The molecule has 0 saturated heterocycles. The molecule has 0 N–H and O–H groups in total. The Labute approximate surface area is 160 Å². The van der Waals surface area contributed by atoms with E-state index in [-0.39, 0.29) is 5.41 Å². The number of hydrogen-bond acceptors (Lipinski definition) is 0. The van der Waals surface area contributed by atoms with Crippen molar-refractivity contribution in [3.8, 4) is 44.5 Å². The summed E-state index contributed by atoms with van der Waals surface area (Å²) in [6, 6.07) is 31.2. The molecule has 0 radical (unpaired) electrons. The molecule has 6 rings (SSSR count). The highest BCUT2D eigenvalue weighted by Crippen LogP contribution is 2.56. The van der Waals surface area contributed by atoms with E-state index in [9.17, 15) is 0 Å². The molecule has 0 amide bonds. The van der Waals surface area contributed by atoms with Crippen LogP contribution in [0.2, 0.25) is 0 Å². The van der Waals surface area contributed by atoms with E-state index in [1.165, 1.54) is 55.6 Å². The summed E-state index contributed by atoms with van der Waals surface area (Å²) in [7, 11) is 0. The van der Waals surface area contributed by atoms with Crippen molar-refractivity contribution < 1.29 is 0 Å². The molecule has 0 atom stereocenters. The van der Waals surface area contributed by atoms with Gasteiger partial charge in [-0.15, -0.1) is 0 Å². The van der Waals surface area contributed by atoms with E-state index >= 15 is 0 Å². The lowest BCUT2D eigenvalue weighted by Crippen LogP contribution is -2.24. The lowest BCUT2D eigenvalue weighted by Gasteiger charge is -2.38. The molecule has 0 bridgehead atoms. The summed E-state index contributed by atoms with van der Waals surface area (Å²) in [5.74, 6) is 0. The Morgan fingerprint density at radius 1 is 0.407 bits per heavy atom. The maximum atomic E-state index is 2.38. The molecule has 0 unspecified atom stereocenters. The number of rotatable bonds is 2. The molecule has 27 heavy (non-hydrogen) atoms. The van der Waals surface area contributed by atoms with Crippen LogP contribution in [-0.2, 0) is 5.41 Å². The van der Waals surface area contributed by atoms with E-state index < -0.39 is 0 Å². The lowest BCUT2D eigenvalue weighted by molar-refractivity contribution is 0.644. The predicted molar refractivity (Wildman–Crippen MR) is 114 cm³/mol. The lowest BCUT2D eigenvalue weighted by atomic mass is 9.65. The van der Waals surface area contributed by atoms with Gasteiger partial charge in [-0.1, -0.05) is 98.8 Å². The zero-order valence-electron chi connectivity index (χ0n) is 15.6. The second-order valence-corrected chi connectivity index (χ2v) is 8.17. The Balaban J connectivity index is 1.56. The third kappa shape index (κ3) is 1.78. The summed E-state index contributed by atoms with van der Waals surface area (Å²) in [6.07, 6.45) is 0. The first-order valence-electron chi connectivity index (χ1n) is 9.64. The fourth-order valence-corrected chi connectivity index (χ4v) is 5.07. The van der Waals surface area contributed by atoms with E-state index in [1.807, 2.05) is 0 Å². The van der Waals surface area contributed by atoms with Crippen molar-refractivity contribution in [2.24, 2.45) is 0 Å². The minimum atomic E-state index is -0.0578. The second kappa shape index (κ2) is 4.98. The summed E-state index contributed by atoms with van der Waals surface area (Å²) in [5.41, 5.74) is 14.0. The molecule has 4 aromatic rings. The minimum absolute atomic E-state index is 0.0578. The molecule has 2 aliphatic rings. The van der Waals surface area contributed by atoms with Crippen molar-refractivity contribution in [2.75, 3.05) is 0 Å². The molecule has 0 spiro atoms. The van der Waals surface area contributed by atoms with Gasteiger partial charge in [-0.25, -0.2) is 0 Å². The van der Waals surface area contributed by atoms with E-state index in [1.54, 1.807) is 0 Å². The van der Waals surface area contributed by atoms with Gasteiger partial charge < -0.3 is 0 Å². The molecule has 0 aliphatic heterocycles. The fraction of sp³-hybridized carbons (Fsp3) is 0.111. The van der Waals surface area contributed by atoms with Gasteiger partial charge in [0.2, 0.25) is 0 Å². The molecule has 0 nitrogen and oxygen atoms in total. The highest BCUT2D eigenvalue weighted by Gasteiger charge is 2.36. The molecule has 0 aromatic heterocycles. The van der Waals surface area contributed by atoms with Crippen molar-refractivity contribution in [2.45, 2.75) is 19.3 Å². The molecule has 0 heterocycles. The van der Waals surface area contributed by atoms with Crippen LogP contribution in [0.3, 0.4) is 0 Å². The largest absolute Gasteiger partial charge is 0.0616 e. The Hall–Kier alpha value is -3.12. The van der Waals surface area contributed by atoms with E-state index in [4.69, 9.17) is 0 Å². The Kier molecular flexibility index (Phi) is 2.77. The molecular formula is C27H20. The molecule has 2 aliphatic carbocycles. The Morgan fingerprint density at radius 2 is 0.778 bits per heavy atom. The Bertz CT molecular complexity index is 1140. The smallest absolute Gasteiger partial charge is 0.0159 e. The minimum Gasteiger partial charge on any atom is -0.0616 e. The van der Waals surface area contributed by atoms with Crippen LogP contribution in [0.5, 0.6) is 0 Å². The van der Waals surface area contributed by atoms with E-state index in [0.29, 0.717) is 0 Å². The van der Waals surface area contributed by atoms with Crippen LogP contribution < -0.4 is 0 Å². The van der Waals surface area contributed by atoms with Crippen LogP contribution >= 0.6 is 0 Å². The monoisotopic (exact) mass is 344 g/mol. The van der Waals surface area contributed by atoms with Crippen molar-refractivity contribution in [1.82, 2.24) is 0 Å². The molecule has 0 fully saturated rings. The number of fused-ring (bicyclic) bond motifs is 8. The average Bonchev–Trinajstić information content (AvgIpc) is 2.69. The summed E-state index contributed by atoms with van der Waals surface area (Å²) in [6.45, 7) is 4.75. The average molecular weight is 344 g/mol. The highest BCUT2D eigenvalue weighted by molar-refractivity contribution is 6.06. The van der Waals surface area contributed by atoms with Crippen molar-refractivity contribution in [3.63, 3.8) is 0 Å². The first-order valence-corrected chi connectivity index (χ1v) is 9.64. The van der Waals surface area contributed by atoms with Gasteiger partial charge in [-0.05, 0) is 55.6 Å². The van der Waals surface area contributed by atoms with Gasteiger partial charge in [0, 0.05) is 5.41 Å². The van der Waals surface area contributed by atoms with Crippen molar-refractivity contribution >= 4 is 0 Å². The first-order chi connectivity index (χ1) is 13.2. The quantitative estimate of drug-likeness (QED) is 0.309. The molecule has 4 aromatic carbocycles. The standard InChI is InChI=1S/C27H20/c1-27(2,23-15-7-13-21-17-9-3-5-11-19(17)25(21)23)24-16-8-14-22-18-10-4-6-12-20(18)26(22)24/h3-16H,1-2H3. The maximum Gasteiger partial charge on any atom is 0.0159 e. The van der Waals surface area contributed by atoms with Crippen LogP contribution in [-0.4, -0.2) is 0 Å². The van der Waals surface area contributed by atoms with Crippen LogP contribution in [0.15, 0.2) is 84.9 Å². The van der Waals surface area contributed by atoms with Gasteiger partial charge in [0.05, 0.1) is 0 Å². The topological polar surface area (TPSA) is 0 Å². The molecule has 0 saturated carbocycles. The van der Waals surface area contributed by atoms with Crippen LogP contribution in [0, 0.1) is 0 Å². The van der Waals surface area contributed by atoms with E-state index in [2.05, 4.69) is 98.8 Å². The first kappa shape index (κ1) is 15.0. The summed E-state index contributed by atoms with van der Waals surface area (Å²) < 4.78 is 0. The molecular weight excluding hydrogens is 324 g/mol. The number of hydrogen-bond donors (Lipinski definition) is 0. The predicted octanol–water partition coefficient (Wildman–Crippen LogP) is 7.31. The third-order valence-corrected chi connectivity index (χ3v) is 6.45. The van der Waals surface area contributed by atoms with Gasteiger partial charge in [0.25, 0.3) is 0 Å². The van der Waals surface area contributed by atoms with Gasteiger partial charge in [0.1, 0.15) is 0 Å². The number of benzene rings is 4. The summed E-state index contributed by atoms with van der Waals surface area (Å²) in [4.78, 5) is 0. The normalized spacial score (nSPS) is 12.8. The van der Waals surface area contributed by atoms with Gasteiger partial charge in [0.15, 0.2) is 0 Å². The molecule has 128 valence electrons. The van der Waals surface area contributed by atoms with E-state index in [0.717, 1.165) is 0 Å². The van der Waals surface area contributed by atoms with Crippen molar-refractivity contribution in [1.29, 1.82) is 0 Å². The summed E-state index contributed by atoms with van der Waals surface area (Å²) >= 11 is 0. The second-order valence-electron chi connectivity index (χ2n) is 8.17. The van der Waals surface area contributed by atoms with Gasteiger partial charge in [-0.3, -0.25) is 0 Å². The van der Waals surface area contributed by atoms with Crippen LogP contribution in [0.25, 0.3) is 44.5 Å². The SMILES string of the molecule is CC(C)(c1cccc2c1-c1ccccc1-2)c1cccc2c1-c1ccccc1-2. The van der Waals surface area contributed by atoms with Crippen LogP contribution in [0.4, 0.5) is 0 Å². The highest BCUT2D eigenvalue weighted by atomic mass is 14.4. The maximum absolute atomic E-state index is 2.38. The fourth-order valence-electron chi connectivity index (χ4n) is 5.07. The van der Waals surface area contributed by atoms with Crippen LogP contribution in [0.1, 0.15) is 25.0 Å². The zero-order chi connectivity index (χ0) is 18.2. The zero-order valence-corrected chi connectivity index (χ0v) is 15.6. The third-order valence-electron chi connectivity index (χ3n) is 6.45.